The van der Waals surface area contributed by atoms with E-state index in [1.165, 1.54) is 6.08 Å². The first-order valence-corrected chi connectivity index (χ1v) is 6.25. The van der Waals surface area contributed by atoms with E-state index in [1.807, 2.05) is 6.92 Å². The van der Waals surface area contributed by atoms with Gasteiger partial charge in [0.05, 0.1) is 19.6 Å². The zero-order chi connectivity index (χ0) is 13.8. The number of ether oxygens (including phenoxy) is 2. The third-order valence-corrected chi connectivity index (χ3v) is 2.10. The first-order valence-electron chi connectivity index (χ1n) is 6.25. The lowest BCUT2D eigenvalue weighted by atomic mass is 10.1. The molecule has 0 spiro atoms. The van der Waals surface area contributed by atoms with Crippen LogP contribution in [0.2, 0.25) is 0 Å². The first kappa shape index (κ1) is 16.4. The molecule has 0 N–H and O–H groups in total. The van der Waals surface area contributed by atoms with Gasteiger partial charge in [-0.2, -0.15) is 0 Å². The van der Waals surface area contributed by atoms with Gasteiger partial charge in [-0.25, -0.2) is 4.79 Å². The molecule has 0 saturated heterocycles. The summed E-state index contributed by atoms with van der Waals surface area (Å²) in [5, 5.41) is 0. The molecule has 0 bridgehead atoms. The Hall–Kier alpha value is -1.58. The predicted octanol–water partition coefficient (Wildman–Crippen LogP) is 2.79. The molecule has 18 heavy (non-hydrogen) atoms. The Morgan fingerprint density at radius 3 is 2.56 bits per heavy atom. The van der Waals surface area contributed by atoms with Crippen LogP contribution in [-0.2, 0) is 19.1 Å². The van der Waals surface area contributed by atoms with Crippen LogP contribution in [0.3, 0.4) is 0 Å². The number of hydrogen-bond acceptors (Lipinski definition) is 4. The zero-order valence-corrected chi connectivity index (χ0v) is 11.2. The van der Waals surface area contributed by atoms with Crippen LogP contribution in [0.15, 0.2) is 24.3 Å². The van der Waals surface area contributed by atoms with Gasteiger partial charge in [-0.15, -0.1) is 0 Å². The van der Waals surface area contributed by atoms with Gasteiger partial charge in [0.25, 0.3) is 0 Å². The Bertz CT molecular complexity index is 305. The van der Waals surface area contributed by atoms with Crippen LogP contribution in [-0.4, -0.2) is 25.2 Å². The smallest absolute Gasteiger partial charge is 0.330 e. The molecular weight excluding hydrogens is 232 g/mol. The number of unbranched alkanes of at least 4 members (excludes halogenated alkanes) is 1. The zero-order valence-electron chi connectivity index (χ0n) is 11.2. The van der Waals surface area contributed by atoms with Crippen LogP contribution in [0.25, 0.3) is 0 Å². The lowest BCUT2D eigenvalue weighted by Gasteiger charge is -2.02. The highest BCUT2D eigenvalue weighted by molar-refractivity contribution is 5.82. The van der Waals surface area contributed by atoms with Crippen LogP contribution >= 0.6 is 0 Å². The Balaban J connectivity index is 3.76. The summed E-state index contributed by atoms with van der Waals surface area (Å²) >= 11 is 0. The van der Waals surface area contributed by atoms with Crippen molar-refractivity contribution in [2.45, 2.75) is 39.5 Å². The third kappa shape index (κ3) is 9.63. The molecule has 0 radical (unpaired) electrons. The van der Waals surface area contributed by atoms with E-state index >= 15 is 0 Å². The van der Waals surface area contributed by atoms with Gasteiger partial charge in [-0.1, -0.05) is 31.6 Å². The summed E-state index contributed by atoms with van der Waals surface area (Å²) in [6.07, 6.45) is 5.54. The fourth-order valence-corrected chi connectivity index (χ4v) is 1.18. The van der Waals surface area contributed by atoms with Crippen molar-refractivity contribution < 1.29 is 19.1 Å². The van der Waals surface area contributed by atoms with Gasteiger partial charge >= 0.3 is 11.9 Å². The summed E-state index contributed by atoms with van der Waals surface area (Å²) in [6.45, 7) is 8.35. The van der Waals surface area contributed by atoms with Gasteiger partial charge in [0, 0.05) is 6.08 Å². The minimum absolute atomic E-state index is 0.184. The molecule has 0 aliphatic heterocycles. The van der Waals surface area contributed by atoms with Crippen molar-refractivity contribution in [1.82, 2.24) is 0 Å². The van der Waals surface area contributed by atoms with Crippen molar-refractivity contribution in [3.8, 4) is 0 Å². The maximum absolute atomic E-state index is 11.2. The van der Waals surface area contributed by atoms with Crippen molar-refractivity contribution in [3.63, 3.8) is 0 Å². The Morgan fingerprint density at radius 2 is 1.94 bits per heavy atom. The number of hydrogen-bond donors (Lipinski definition) is 0. The summed E-state index contributed by atoms with van der Waals surface area (Å²) < 4.78 is 9.73. The maximum atomic E-state index is 11.2. The van der Waals surface area contributed by atoms with Gasteiger partial charge in [0.2, 0.25) is 0 Å². The van der Waals surface area contributed by atoms with E-state index < -0.39 is 0 Å². The number of carbonyl (C=O) groups excluding carboxylic acids is 2. The van der Waals surface area contributed by atoms with Gasteiger partial charge < -0.3 is 9.47 Å². The van der Waals surface area contributed by atoms with Crippen molar-refractivity contribution in [2.75, 3.05) is 13.2 Å². The molecule has 4 heteroatoms. The van der Waals surface area contributed by atoms with Crippen LogP contribution in [0.1, 0.15) is 39.5 Å². The topological polar surface area (TPSA) is 52.6 Å². The van der Waals surface area contributed by atoms with Crippen molar-refractivity contribution in [3.05, 3.63) is 24.3 Å². The number of esters is 2. The minimum atomic E-state index is -0.354. The van der Waals surface area contributed by atoms with Gasteiger partial charge in [-0.05, 0) is 19.8 Å². The number of rotatable bonds is 9. The molecule has 0 aromatic carbocycles. The lowest BCUT2D eigenvalue weighted by Crippen LogP contribution is -2.04. The molecule has 0 rings (SSSR count). The largest absolute Gasteiger partial charge is 0.466 e. The average Bonchev–Trinajstić information content (AvgIpc) is 2.29. The molecule has 0 aliphatic rings. The van der Waals surface area contributed by atoms with Crippen molar-refractivity contribution in [2.24, 2.45) is 0 Å². The quantitative estimate of drug-likeness (QED) is 0.275. The second-order valence-electron chi connectivity index (χ2n) is 3.86. The Morgan fingerprint density at radius 1 is 1.22 bits per heavy atom. The fraction of sp³-hybridized carbons (Fsp3) is 0.571. The second-order valence-corrected chi connectivity index (χ2v) is 3.86. The van der Waals surface area contributed by atoms with E-state index in [0.29, 0.717) is 25.2 Å². The first-order chi connectivity index (χ1) is 8.60. The predicted molar refractivity (Wildman–Crippen MR) is 70.0 cm³/mol. The molecule has 0 aromatic heterocycles. The molecule has 4 nitrogen and oxygen atoms in total. The van der Waals surface area contributed by atoms with Crippen LogP contribution < -0.4 is 0 Å². The molecule has 0 unspecified atom stereocenters. The van der Waals surface area contributed by atoms with E-state index in [-0.39, 0.29) is 18.4 Å². The van der Waals surface area contributed by atoms with Crippen LogP contribution in [0.5, 0.6) is 0 Å². The molecule has 0 aliphatic carbocycles. The highest BCUT2D eigenvalue weighted by Crippen LogP contribution is 2.06. The van der Waals surface area contributed by atoms with Crippen molar-refractivity contribution in [1.29, 1.82) is 0 Å². The summed E-state index contributed by atoms with van der Waals surface area (Å²) in [4.78, 5) is 22.3. The highest BCUT2D eigenvalue weighted by atomic mass is 16.5. The molecule has 0 fully saturated rings. The maximum Gasteiger partial charge on any atom is 0.330 e. The van der Waals surface area contributed by atoms with Gasteiger partial charge in [0.15, 0.2) is 0 Å². The highest BCUT2D eigenvalue weighted by Gasteiger charge is 2.03. The average molecular weight is 254 g/mol. The standard InChI is InChI=1S/C14H22O4/c1-4-6-10-18-13(15)9-7-8-12(3)11-14(16)17-5-2/h7,9H,3-6,8,10-11H2,1-2H3/b9-7+. The second kappa shape index (κ2) is 10.6. The molecular formula is C14H22O4. The minimum Gasteiger partial charge on any atom is -0.466 e. The summed E-state index contributed by atoms with van der Waals surface area (Å²) in [7, 11) is 0. The monoisotopic (exact) mass is 254 g/mol. The van der Waals surface area contributed by atoms with E-state index in [9.17, 15) is 9.59 Å². The van der Waals surface area contributed by atoms with Gasteiger partial charge in [0.1, 0.15) is 0 Å². The molecule has 102 valence electrons. The van der Waals surface area contributed by atoms with E-state index in [2.05, 4.69) is 6.58 Å². The van der Waals surface area contributed by atoms with E-state index in [4.69, 9.17) is 9.47 Å². The summed E-state index contributed by atoms with van der Waals surface area (Å²) in [6, 6.07) is 0. The Labute approximate surface area is 109 Å². The summed E-state index contributed by atoms with van der Waals surface area (Å²) in [5.41, 5.74) is 0.714. The normalized spacial score (nSPS) is 10.3. The van der Waals surface area contributed by atoms with E-state index in [0.717, 1.165) is 12.8 Å². The Kier molecular flexibility index (Phi) is 9.64. The van der Waals surface area contributed by atoms with E-state index in [1.54, 1.807) is 13.0 Å². The molecule has 0 amide bonds. The number of allylic oxidation sites excluding steroid dienone is 1. The van der Waals surface area contributed by atoms with Gasteiger partial charge in [-0.3, -0.25) is 4.79 Å². The SMILES string of the molecule is C=C(C/C=C/C(=O)OCCCC)CC(=O)OCC. The molecule has 0 atom stereocenters. The van der Waals surface area contributed by atoms with Crippen LogP contribution in [0.4, 0.5) is 0 Å². The number of carbonyl (C=O) groups is 2. The molecule has 0 saturated carbocycles. The fourth-order valence-electron chi connectivity index (χ4n) is 1.18. The third-order valence-electron chi connectivity index (χ3n) is 2.10. The van der Waals surface area contributed by atoms with Crippen LogP contribution in [0, 0.1) is 0 Å². The van der Waals surface area contributed by atoms with Crippen molar-refractivity contribution >= 4 is 11.9 Å². The molecule has 0 heterocycles. The summed E-state index contributed by atoms with van der Waals surface area (Å²) in [5.74, 6) is -0.645. The molecule has 0 aromatic rings. The lowest BCUT2D eigenvalue weighted by molar-refractivity contribution is -0.142.